The maximum Gasteiger partial charge on any atom is 0.277 e. The fraction of sp³-hybridized carbons (Fsp3) is 0.312. The number of rotatable bonds is 4. The number of fused-ring (bicyclic) bond motifs is 1. The zero-order valence-corrected chi connectivity index (χ0v) is 13.3. The molecule has 3 aromatic rings. The number of halogens is 1. The SMILES string of the molecule is CCCc1nc2nc(C)c(Cc3cccc(Cl)c3)c(=O)n2[nH]1. The van der Waals surface area contributed by atoms with E-state index >= 15 is 0 Å². The number of nitrogens with one attached hydrogen (secondary N) is 1. The third-order valence-electron chi connectivity index (χ3n) is 3.60. The van der Waals surface area contributed by atoms with Crippen LogP contribution in [0.2, 0.25) is 5.02 Å². The fourth-order valence-corrected chi connectivity index (χ4v) is 2.71. The van der Waals surface area contributed by atoms with Crippen molar-refractivity contribution in [3.05, 3.63) is 62.3 Å². The van der Waals surface area contributed by atoms with Crippen LogP contribution in [0.5, 0.6) is 0 Å². The van der Waals surface area contributed by atoms with Gasteiger partial charge in [-0.05, 0) is 31.0 Å². The van der Waals surface area contributed by atoms with Gasteiger partial charge in [0.15, 0.2) is 0 Å². The predicted octanol–water partition coefficient (Wildman–Crippen LogP) is 2.92. The molecule has 3 rings (SSSR count). The minimum Gasteiger partial charge on any atom is -0.275 e. The Labute approximate surface area is 133 Å². The van der Waals surface area contributed by atoms with Crippen LogP contribution in [0.1, 0.15) is 36.0 Å². The number of hydrogen-bond donors (Lipinski definition) is 1. The Kier molecular flexibility index (Phi) is 3.98. The van der Waals surface area contributed by atoms with Crippen LogP contribution >= 0.6 is 11.6 Å². The van der Waals surface area contributed by atoms with E-state index < -0.39 is 0 Å². The van der Waals surface area contributed by atoms with Gasteiger partial charge in [0.05, 0.1) is 5.69 Å². The largest absolute Gasteiger partial charge is 0.277 e. The Morgan fingerprint density at radius 2 is 2.14 bits per heavy atom. The van der Waals surface area contributed by atoms with Crippen molar-refractivity contribution in [2.75, 3.05) is 0 Å². The lowest BCUT2D eigenvalue weighted by atomic mass is 10.1. The molecule has 2 heterocycles. The molecule has 114 valence electrons. The van der Waals surface area contributed by atoms with Crippen molar-refractivity contribution in [2.45, 2.75) is 33.1 Å². The molecule has 0 bridgehead atoms. The molecule has 0 aliphatic carbocycles. The second kappa shape index (κ2) is 5.93. The maximum atomic E-state index is 12.7. The Morgan fingerprint density at radius 3 is 2.86 bits per heavy atom. The molecule has 0 amide bonds. The second-order valence-corrected chi connectivity index (χ2v) is 5.78. The van der Waals surface area contributed by atoms with Crippen molar-refractivity contribution in [1.29, 1.82) is 0 Å². The molecule has 0 spiro atoms. The minimum atomic E-state index is -0.0997. The molecular formula is C16H17ClN4O. The zero-order valence-electron chi connectivity index (χ0n) is 12.6. The molecule has 6 heteroatoms. The van der Waals surface area contributed by atoms with Crippen molar-refractivity contribution >= 4 is 17.4 Å². The average molecular weight is 317 g/mol. The third kappa shape index (κ3) is 2.76. The lowest BCUT2D eigenvalue weighted by Crippen LogP contribution is -2.22. The van der Waals surface area contributed by atoms with Crippen LogP contribution < -0.4 is 5.56 Å². The van der Waals surface area contributed by atoms with E-state index in [-0.39, 0.29) is 5.56 Å². The van der Waals surface area contributed by atoms with Crippen molar-refractivity contribution in [2.24, 2.45) is 0 Å². The van der Waals surface area contributed by atoms with Crippen LogP contribution in [-0.4, -0.2) is 19.6 Å². The van der Waals surface area contributed by atoms with E-state index in [2.05, 4.69) is 22.0 Å². The molecule has 0 radical (unpaired) electrons. The summed E-state index contributed by atoms with van der Waals surface area (Å²) in [5, 5.41) is 3.70. The van der Waals surface area contributed by atoms with Crippen LogP contribution in [0.3, 0.4) is 0 Å². The molecule has 0 saturated carbocycles. The number of hydrogen-bond acceptors (Lipinski definition) is 3. The van der Waals surface area contributed by atoms with Gasteiger partial charge < -0.3 is 0 Å². The summed E-state index contributed by atoms with van der Waals surface area (Å²) in [6.07, 6.45) is 2.26. The first-order valence-electron chi connectivity index (χ1n) is 7.30. The summed E-state index contributed by atoms with van der Waals surface area (Å²) < 4.78 is 1.43. The Balaban J connectivity index is 2.07. The fourth-order valence-electron chi connectivity index (χ4n) is 2.50. The van der Waals surface area contributed by atoms with Gasteiger partial charge in [0, 0.05) is 23.4 Å². The van der Waals surface area contributed by atoms with Crippen molar-refractivity contribution in [1.82, 2.24) is 19.6 Å². The minimum absolute atomic E-state index is 0.0997. The molecular weight excluding hydrogens is 300 g/mol. The first kappa shape index (κ1) is 14.8. The predicted molar refractivity (Wildman–Crippen MR) is 86.6 cm³/mol. The van der Waals surface area contributed by atoms with Gasteiger partial charge >= 0.3 is 0 Å². The highest BCUT2D eigenvalue weighted by Gasteiger charge is 2.13. The molecule has 0 aliphatic rings. The van der Waals surface area contributed by atoms with Gasteiger partial charge in [-0.3, -0.25) is 9.89 Å². The Morgan fingerprint density at radius 1 is 1.32 bits per heavy atom. The van der Waals surface area contributed by atoms with Crippen LogP contribution in [0.15, 0.2) is 29.1 Å². The zero-order chi connectivity index (χ0) is 15.7. The summed E-state index contributed by atoms with van der Waals surface area (Å²) in [6.45, 7) is 3.91. The van der Waals surface area contributed by atoms with E-state index in [1.807, 2.05) is 31.2 Å². The number of aromatic amines is 1. The summed E-state index contributed by atoms with van der Waals surface area (Å²) in [5.41, 5.74) is 2.26. The first-order chi connectivity index (χ1) is 10.6. The number of nitrogens with zero attached hydrogens (tertiary/aromatic N) is 3. The van der Waals surface area contributed by atoms with Gasteiger partial charge in [0.2, 0.25) is 0 Å². The van der Waals surface area contributed by atoms with Gasteiger partial charge in [0.1, 0.15) is 5.82 Å². The number of benzene rings is 1. The summed E-state index contributed by atoms with van der Waals surface area (Å²) >= 11 is 6.01. The van der Waals surface area contributed by atoms with Crippen molar-refractivity contribution in [3.63, 3.8) is 0 Å². The normalized spacial score (nSPS) is 11.2. The molecule has 22 heavy (non-hydrogen) atoms. The Bertz CT molecular complexity index is 881. The van der Waals surface area contributed by atoms with E-state index in [0.29, 0.717) is 28.5 Å². The van der Waals surface area contributed by atoms with E-state index in [9.17, 15) is 4.79 Å². The first-order valence-corrected chi connectivity index (χ1v) is 7.68. The molecule has 0 unspecified atom stereocenters. The quantitative estimate of drug-likeness (QED) is 0.805. The molecule has 2 aromatic heterocycles. The smallest absolute Gasteiger partial charge is 0.275 e. The lowest BCUT2D eigenvalue weighted by Gasteiger charge is -2.05. The van der Waals surface area contributed by atoms with E-state index in [0.717, 1.165) is 24.2 Å². The topological polar surface area (TPSA) is 63.1 Å². The highest BCUT2D eigenvalue weighted by molar-refractivity contribution is 6.30. The standard InChI is InChI=1S/C16H17ClN4O/c1-3-5-14-19-16-18-10(2)13(15(22)21(16)20-14)9-11-6-4-7-12(17)8-11/h4,6-8H,3,5,9H2,1-2H3,(H,18,19,20). The highest BCUT2D eigenvalue weighted by atomic mass is 35.5. The summed E-state index contributed by atoms with van der Waals surface area (Å²) in [7, 11) is 0. The van der Waals surface area contributed by atoms with Crippen LogP contribution in [0, 0.1) is 6.92 Å². The molecule has 0 fully saturated rings. The van der Waals surface area contributed by atoms with E-state index in [4.69, 9.17) is 11.6 Å². The molecule has 0 atom stereocenters. The van der Waals surface area contributed by atoms with Crippen LogP contribution in [0.25, 0.3) is 5.78 Å². The van der Waals surface area contributed by atoms with E-state index in [1.165, 1.54) is 4.52 Å². The summed E-state index contributed by atoms with van der Waals surface area (Å²) in [4.78, 5) is 21.5. The lowest BCUT2D eigenvalue weighted by molar-refractivity contribution is 0.797. The summed E-state index contributed by atoms with van der Waals surface area (Å²) in [6, 6.07) is 7.52. The van der Waals surface area contributed by atoms with Crippen molar-refractivity contribution in [3.8, 4) is 0 Å². The molecule has 0 aliphatic heterocycles. The average Bonchev–Trinajstić information content (AvgIpc) is 2.87. The number of H-pyrrole nitrogens is 1. The third-order valence-corrected chi connectivity index (χ3v) is 3.83. The van der Waals surface area contributed by atoms with Gasteiger partial charge in [-0.15, -0.1) is 0 Å². The van der Waals surface area contributed by atoms with Gasteiger partial charge in [-0.25, -0.2) is 4.98 Å². The molecule has 0 saturated heterocycles. The second-order valence-electron chi connectivity index (χ2n) is 5.34. The Hall–Kier alpha value is -2.14. The van der Waals surface area contributed by atoms with Crippen LogP contribution in [0.4, 0.5) is 0 Å². The van der Waals surface area contributed by atoms with Crippen molar-refractivity contribution < 1.29 is 0 Å². The van der Waals surface area contributed by atoms with Gasteiger partial charge in [-0.2, -0.15) is 9.50 Å². The molecule has 1 N–H and O–H groups in total. The van der Waals surface area contributed by atoms with E-state index in [1.54, 1.807) is 0 Å². The number of aryl methyl sites for hydroxylation is 2. The number of aromatic nitrogens is 4. The maximum absolute atomic E-state index is 12.7. The van der Waals surface area contributed by atoms with Crippen LogP contribution in [-0.2, 0) is 12.8 Å². The molecule has 1 aromatic carbocycles. The highest BCUT2D eigenvalue weighted by Crippen LogP contribution is 2.15. The van der Waals surface area contributed by atoms with Gasteiger partial charge in [-0.1, -0.05) is 30.7 Å². The van der Waals surface area contributed by atoms with Gasteiger partial charge in [0.25, 0.3) is 11.3 Å². The summed E-state index contributed by atoms with van der Waals surface area (Å²) in [5.74, 6) is 1.21. The monoisotopic (exact) mass is 316 g/mol. The molecule has 5 nitrogen and oxygen atoms in total.